The SMILES string of the molecule is c1cc(-c2ccc3c(c2)c2ccccc2n3-c2ccc3c(c2)sc2ccccc23)cc(-c2ccccc2Nc2ccc3ccccc3c2)c1. The van der Waals surface area contributed by atoms with Gasteiger partial charge in [-0.15, -0.1) is 11.3 Å². The Morgan fingerprint density at radius 3 is 2.10 bits per heavy atom. The van der Waals surface area contributed by atoms with Crippen molar-refractivity contribution in [3.05, 3.63) is 176 Å². The van der Waals surface area contributed by atoms with Gasteiger partial charge in [0.25, 0.3) is 0 Å². The zero-order valence-corrected chi connectivity index (χ0v) is 27.4. The van der Waals surface area contributed by atoms with E-state index in [1.807, 2.05) is 11.3 Å². The third-order valence-corrected chi connectivity index (χ3v) is 10.9. The Kier molecular flexibility index (Phi) is 6.39. The van der Waals surface area contributed by atoms with Crippen LogP contribution in [0.15, 0.2) is 176 Å². The van der Waals surface area contributed by atoms with E-state index in [0.29, 0.717) is 0 Å². The lowest BCUT2D eigenvalue weighted by Crippen LogP contribution is -1.94. The first-order valence-electron chi connectivity index (χ1n) is 16.7. The van der Waals surface area contributed by atoms with Crippen LogP contribution in [0.3, 0.4) is 0 Å². The van der Waals surface area contributed by atoms with Crippen molar-refractivity contribution in [1.82, 2.24) is 4.57 Å². The highest BCUT2D eigenvalue weighted by Gasteiger charge is 2.15. The average Bonchev–Trinajstić information content (AvgIpc) is 3.70. The number of rotatable bonds is 5. The zero-order valence-electron chi connectivity index (χ0n) is 26.6. The number of hydrogen-bond donors (Lipinski definition) is 1. The molecule has 10 rings (SSSR count). The molecule has 0 radical (unpaired) electrons. The number of para-hydroxylation sites is 2. The maximum atomic E-state index is 3.70. The minimum Gasteiger partial charge on any atom is -0.355 e. The first-order chi connectivity index (χ1) is 24.3. The van der Waals surface area contributed by atoms with Gasteiger partial charge < -0.3 is 9.88 Å². The maximum absolute atomic E-state index is 3.70. The summed E-state index contributed by atoms with van der Waals surface area (Å²) in [5.41, 5.74) is 10.5. The van der Waals surface area contributed by atoms with Crippen LogP contribution < -0.4 is 5.32 Å². The second kappa shape index (κ2) is 11.2. The van der Waals surface area contributed by atoms with Gasteiger partial charge in [0.05, 0.1) is 11.0 Å². The minimum atomic E-state index is 1.08. The van der Waals surface area contributed by atoms with Crippen LogP contribution in [0.4, 0.5) is 11.4 Å². The van der Waals surface area contributed by atoms with E-state index in [0.717, 1.165) is 11.4 Å². The summed E-state index contributed by atoms with van der Waals surface area (Å²) < 4.78 is 5.06. The second-order valence-electron chi connectivity index (χ2n) is 12.7. The van der Waals surface area contributed by atoms with Crippen molar-refractivity contribution >= 4 is 75.5 Å². The van der Waals surface area contributed by atoms with Gasteiger partial charge in [0, 0.05) is 53.6 Å². The molecule has 0 saturated carbocycles. The average molecular weight is 643 g/mol. The van der Waals surface area contributed by atoms with E-state index in [1.165, 1.54) is 80.7 Å². The van der Waals surface area contributed by atoms with E-state index in [1.54, 1.807) is 0 Å². The molecule has 0 spiro atoms. The van der Waals surface area contributed by atoms with E-state index in [2.05, 4.69) is 186 Å². The number of benzene rings is 8. The Morgan fingerprint density at radius 1 is 0.408 bits per heavy atom. The van der Waals surface area contributed by atoms with Gasteiger partial charge in [-0.1, -0.05) is 115 Å². The van der Waals surface area contributed by atoms with Gasteiger partial charge in [0.2, 0.25) is 0 Å². The molecule has 3 heteroatoms. The third kappa shape index (κ3) is 4.70. The molecule has 1 N–H and O–H groups in total. The molecule has 2 heterocycles. The number of hydrogen-bond acceptors (Lipinski definition) is 2. The topological polar surface area (TPSA) is 17.0 Å². The summed E-state index contributed by atoms with van der Waals surface area (Å²) in [7, 11) is 0. The lowest BCUT2D eigenvalue weighted by atomic mass is 9.97. The van der Waals surface area contributed by atoms with Crippen molar-refractivity contribution < 1.29 is 0 Å². The lowest BCUT2D eigenvalue weighted by molar-refractivity contribution is 1.19. The normalized spacial score (nSPS) is 11.7. The first-order valence-corrected chi connectivity index (χ1v) is 17.5. The molecule has 0 bridgehead atoms. The Labute approximate surface area is 288 Å². The van der Waals surface area contributed by atoms with Gasteiger partial charge >= 0.3 is 0 Å². The monoisotopic (exact) mass is 642 g/mol. The lowest BCUT2D eigenvalue weighted by Gasteiger charge is -2.14. The molecular weight excluding hydrogens is 613 g/mol. The fraction of sp³-hybridized carbons (Fsp3) is 0. The van der Waals surface area contributed by atoms with Gasteiger partial charge in [-0.3, -0.25) is 0 Å². The van der Waals surface area contributed by atoms with Crippen molar-refractivity contribution in [2.45, 2.75) is 0 Å². The van der Waals surface area contributed by atoms with Crippen molar-refractivity contribution in [3.63, 3.8) is 0 Å². The summed E-state index contributed by atoms with van der Waals surface area (Å²) in [6.45, 7) is 0. The number of anilines is 2. The van der Waals surface area contributed by atoms with Crippen LogP contribution in [0.5, 0.6) is 0 Å². The smallest absolute Gasteiger partial charge is 0.0541 e. The van der Waals surface area contributed by atoms with Gasteiger partial charge in [0.15, 0.2) is 0 Å². The van der Waals surface area contributed by atoms with Crippen LogP contribution in [-0.2, 0) is 0 Å². The van der Waals surface area contributed by atoms with Crippen molar-refractivity contribution in [2.75, 3.05) is 5.32 Å². The van der Waals surface area contributed by atoms with Crippen molar-refractivity contribution in [1.29, 1.82) is 0 Å². The molecule has 0 fully saturated rings. The minimum absolute atomic E-state index is 1.08. The molecule has 0 unspecified atom stereocenters. The van der Waals surface area contributed by atoms with E-state index in [-0.39, 0.29) is 0 Å². The molecule has 0 aliphatic heterocycles. The predicted octanol–water partition coefficient (Wildman–Crippen LogP) is 13.4. The van der Waals surface area contributed by atoms with E-state index < -0.39 is 0 Å². The Hall–Kier alpha value is -6.16. The number of nitrogens with zero attached hydrogens (tertiary/aromatic N) is 1. The van der Waals surface area contributed by atoms with Gasteiger partial charge in [-0.2, -0.15) is 0 Å². The highest BCUT2D eigenvalue weighted by Crippen LogP contribution is 2.40. The van der Waals surface area contributed by atoms with Crippen molar-refractivity contribution in [2.24, 2.45) is 0 Å². The molecule has 2 nitrogen and oxygen atoms in total. The standard InChI is InChI=1S/C46H30N2S/c1-2-11-32-27-35(22-20-30(32)10-1)47-42-17-6-3-14-37(42)34-13-9-12-31(26-34)33-21-25-44-41(28-33)38-15-4-7-18-43(38)48(44)36-23-24-40-39-16-5-8-19-45(39)49-46(40)29-36/h1-29,47H. The van der Waals surface area contributed by atoms with Crippen molar-refractivity contribution in [3.8, 4) is 27.9 Å². The molecular formula is C46H30N2S. The third-order valence-electron chi connectivity index (χ3n) is 9.76. The van der Waals surface area contributed by atoms with E-state index in [4.69, 9.17) is 0 Å². The van der Waals surface area contributed by atoms with Crippen LogP contribution >= 0.6 is 11.3 Å². The summed E-state index contributed by atoms with van der Waals surface area (Å²) in [6, 6.07) is 63.9. The fourth-order valence-electron chi connectivity index (χ4n) is 7.42. The Bertz CT molecular complexity index is 2870. The molecule has 0 amide bonds. The maximum Gasteiger partial charge on any atom is 0.0541 e. The largest absolute Gasteiger partial charge is 0.355 e. The molecule has 10 aromatic rings. The number of thiophene rings is 1. The molecule has 0 aliphatic rings. The first kappa shape index (κ1) is 27.9. The number of fused-ring (bicyclic) bond motifs is 7. The molecule has 8 aromatic carbocycles. The Morgan fingerprint density at radius 2 is 1.14 bits per heavy atom. The molecule has 2 aromatic heterocycles. The molecule has 230 valence electrons. The summed E-state index contributed by atoms with van der Waals surface area (Å²) in [6.07, 6.45) is 0. The summed E-state index contributed by atoms with van der Waals surface area (Å²) in [5, 5.41) is 11.3. The zero-order chi connectivity index (χ0) is 32.3. The summed E-state index contributed by atoms with van der Waals surface area (Å²) >= 11 is 1.87. The van der Waals surface area contributed by atoms with Gasteiger partial charge in [-0.05, 0) is 88.1 Å². The van der Waals surface area contributed by atoms with E-state index >= 15 is 0 Å². The van der Waals surface area contributed by atoms with Crippen LogP contribution in [0.1, 0.15) is 0 Å². The predicted molar refractivity (Wildman–Crippen MR) is 212 cm³/mol. The molecule has 49 heavy (non-hydrogen) atoms. The van der Waals surface area contributed by atoms with Crippen LogP contribution in [-0.4, -0.2) is 4.57 Å². The summed E-state index contributed by atoms with van der Waals surface area (Å²) in [4.78, 5) is 0. The second-order valence-corrected chi connectivity index (χ2v) is 13.8. The summed E-state index contributed by atoms with van der Waals surface area (Å²) in [5.74, 6) is 0. The number of nitrogens with one attached hydrogen (secondary N) is 1. The van der Waals surface area contributed by atoms with Crippen LogP contribution in [0, 0.1) is 0 Å². The molecule has 0 saturated heterocycles. The molecule has 0 aliphatic carbocycles. The number of aromatic nitrogens is 1. The van der Waals surface area contributed by atoms with E-state index in [9.17, 15) is 0 Å². The molecule has 0 atom stereocenters. The fourth-order valence-corrected chi connectivity index (χ4v) is 8.56. The highest BCUT2D eigenvalue weighted by atomic mass is 32.1. The Balaban J connectivity index is 1.05. The van der Waals surface area contributed by atoms with Crippen LogP contribution in [0.2, 0.25) is 0 Å². The van der Waals surface area contributed by atoms with Crippen LogP contribution in [0.25, 0.3) is 80.7 Å². The highest BCUT2D eigenvalue weighted by molar-refractivity contribution is 7.25. The van der Waals surface area contributed by atoms with Gasteiger partial charge in [0.1, 0.15) is 0 Å². The quantitative estimate of drug-likeness (QED) is 0.198. The van der Waals surface area contributed by atoms with Gasteiger partial charge in [-0.25, -0.2) is 0 Å².